The van der Waals surface area contributed by atoms with Gasteiger partial charge in [-0.1, -0.05) is 23.4 Å². The second kappa shape index (κ2) is 6.86. The smallest absolute Gasteiger partial charge is 0.224 e. The average molecular weight is 313 g/mol. The highest BCUT2D eigenvalue weighted by Crippen LogP contribution is 2.31. The Morgan fingerprint density at radius 3 is 2.96 bits per heavy atom. The van der Waals surface area contributed by atoms with Gasteiger partial charge in [0.2, 0.25) is 5.91 Å². The minimum atomic E-state index is 0.0680. The van der Waals surface area contributed by atoms with Crippen molar-refractivity contribution in [2.45, 2.75) is 39.2 Å². The summed E-state index contributed by atoms with van der Waals surface area (Å²) in [6.45, 7) is 5.39. The fourth-order valence-electron chi connectivity index (χ4n) is 3.13. The molecule has 0 saturated carbocycles. The molecule has 1 aromatic heterocycles. The van der Waals surface area contributed by atoms with E-state index in [-0.39, 0.29) is 11.9 Å². The highest BCUT2D eigenvalue weighted by Gasteiger charge is 2.31. The number of aromatic nitrogens is 1. The fraction of sp³-hybridized carbons (Fsp3) is 0.444. The summed E-state index contributed by atoms with van der Waals surface area (Å²) in [6.07, 6.45) is 2.47. The fourth-order valence-corrected chi connectivity index (χ4v) is 3.13. The van der Waals surface area contributed by atoms with Crippen LogP contribution in [0.15, 0.2) is 34.9 Å². The number of benzene rings is 1. The first kappa shape index (κ1) is 15.6. The number of nitrogens with one attached hydrogen (secondary N) is 1. The highest BCUT2D eigenvalue weighted by atomic mass is 16.5. The summed E-state index contributed by atoms with van der Waals surface area (Å²) in [5, 5.41) is 7.43. The zero-order valence-electron chi connectivity index (χ0n) is 13.7. The number of aryl methyl sites for hydroxylation is 2. The molecule has 5 heteroatoms. The van der Waals surface area contributed by atoms with E-state index in [9.17, 15) is 4.79 Å². The number of carbonyl (C=O) groups excluding carboxylic acids is 1. The molecule has 1 atom stereocenters. The largest absolute Gasteiger partial charge is 0.384 e. The lowest BCUT2D eigenvalue weighted by molar-refractivity contribution is -0.131. The van der Waals surface area contributed by atoms with Crippen LogP contribution in [-0.2, 0) is 4.79 Å². The van der Waals surface area contributed by atoms with Crippen molar-refractivity contribution in [1.29, 1.82) is 0 Å². The molecule has 2 heterocycles. The monoisotopic (exact) mass is 313 g/mol. The highest BCUT2D eigenvalue weighted by molar-refractivity contribution is 5.77. The first-order chi connectivity index (χ1) is 11.1. The molecular weight excluding hydrogens is 290 g/mol. The zero-order valence-corrected chi connectivity index (χ0v) is 13.7. The number of para-hydroxylation sites is 1. The Bertz CT molecular complexity index is 680. The van der Waals surface area contributed by atoms with Crippen LogP contribution in [0.3, 0.4) is 0 Å². The van der Waals surface area contributed by atoms with Crippen LogP contribution in [0.4, 0.5) is 5.69 Å². The average Bonchev–Trinajstić information content (AvgIpc) is 3.17. The van der Waals surface area contributed by atoms with Crippen molar-refractivity contribution in [3.63, 3.8) is 0 Å². The van der Waals surface area contributed by atoms with Gasteiger partial charge in [0, 0.05) is 31.3 Å². The number of nitrogens with zero attached hydrogens (tertiary/aromatic N) is 2. The van der Waals surface area contributed by atoms with E-state index in [0.717, 1.165) is 36.5 Å². The predicted octanol–water partition coefficient (Wildman–Crippen LogP) is 3.46. The molecule has 0 bridgehead atoms. The minimum absolute atomic E-state index is 0.0680. The van der Waals surface area contributed by atoms with Gasteiger partial charge in [-0.05, 0) is 38.3 Å². The summed E-state index contributed by atoms with van der Waals surface area (Å²) >= 11 is 0. The van der Waals surface area contributed by atoms with Crippen LogP contribution in [0.5, 0.6) is 0 Å². The van der Waals surface area contributed by atoms with E-state index in [1.165, 1.54) is 5.56 Å². The number of hydrogen-bond acceptors (Lipinski definition) is 4. The number of likely N-dealkylation sites (tertiary alicyclic amines) is 1. The summed E-state index contributed by atoms with van der Waals surface area (Å²) in [5.74, 6) is 0.967. The van der Waals surface area contributed by atoms with Gasteiger partial charge in [0.1, 0.15) is 11.5 Å². The predicted molar refractivity (Wildman–Crippen MR) is 89.2 cm³/mol. The van der Waals surface area contributed by atoms with Crippen LogP contribution >= 0.6 is 0 Å². The van der Waals surface area contributed by atoms with E-state index in [0.29, 0.717) is 13.0 Å². The first-order valence-electron chi connectivity index (χ1n) is 8.17. The Morgan fingerprint density at radius 2 is 2.22 bits per heavy atom. The SMILES string of the molecule is Cc1cc([C@@H]2CCCN2C(=O)CCNc2ccccc2C)no1. The summed E-state index contributed by atoms with van der Waals surface area (Å²) in [6, 6.07) is 10.1. The molecule has 0 spiro atoms. The van der Waals surface area contributed by atoms with Crippen molar-refractivity contribution in [2.24, 2.45) is 0 Å². The molecule has 122 valence electrons. The molecule has 1 fully saturated rings. The third kappa shape index (κ3) is 3.55. The van der Waals surface area contributed by atoms with Crippen molar-refractivity contribution < 1.29 is 9.32 Å². The topological polar surface area (TPSA) is 58.4 Å². The minimum Gasteiger partial charge on any atom is -0.384 e. The van der Waals surface area contributed by atoms with E-state index >= 15 is 0 Å². The Morgan fingerprint density at radius 1 is 1.39 bits per heavy atom. The number of carbonyl (C=O) groups is 1. The van der Waals surface area contributed by atoms with Gasteiger partial charge in [0.05, 0.1) is 6.04 Å². The van der Waals surface area contributed by atoms with Crippen molar-refractivity contribution in [3.8, 4) is 0 Å². The lowest BCUT2D eigenvalue weighted by Crippen LogP contribution is -2.31. The van der Waals surface area contributed by atoms with Gasteiger partial charge in [-0.3, -0.25) is 4.79 Å². The van der Waals surface area contributed by atoms with Gasteiger partial charge in [-0.25, -0.2) is 0 Å². The lowest BCUT2D eigenvalue weighted by Gasteiger charge is -2.23. The molecule has 5 nitrogen and oxygen atoms in total. The van der Waals surface area contributed by atoms with Crippen molar-refractivity contribution in [3.05, 3.63) is 47.3 Å². The third-order valence-corrected chi connectivity index (χ3v) is 4.36. The van der Waals surface area contributed by atoms with Gasteiger partial charge in [0.25, 0.3) is 0 Å². The number of anilines is 1. The van der Waals surface area contributed by atoms with E-state index in [1.807, 2.05) is 36.1 Å². The molecule has 0 aliphatic carbocycles. The molecule has 0 unspecified atom stereocenters. The van der Waals surface area contributed by atoms with Gasteiger partial charge in [-0.15, -0.1) is 0 Å². The van der Waals surface area contributed by atoms with Crippen LogP contribution in [0.2, 0.25) is 0 Å². The lowest BCUT2D eigenvalue weighted by atomic mass is 10.1. The van der Waals surface area contributed by atoms with Gasteiger partial charge in [-0.2, -0.15) is 0 Å². The maximum Gasteiger partial charge on any atom is 0.224 e. The van der Waals surface area contributed by atoms with E-state index < -0.39 is 0 Å². The Kier molecular flexibility index (Phi) is 4.65. The maximum absolute atomic E-state index is 12.5. The molecule has 1 N–H and O–H groups in total. The third-order valence-electron chi connectivity index (χ3n) is 4.36. The Hall–Kier alpha value is -2.30. The van der Waals surface area contributed by atoms with Gasteiger partial charge < -0.3 is 14.7 Å². The summed E-state index contributed by atoms with van der Waals surface area (Å²) < 4.78 is 5.16. The first-order valence-corrected chi connectivity index (χ1v) is 8.17. The normalized spacial score (nSPS) is 17.5. The molecule has 1 aliphatic rings. The standard InChI is InChI=1S/C18H23N3O2/c1-13-6-3-4-7-15(13)19-10-9-18(22)21-11-5-8-17(21)16-12-14(2)23-20-16/h3-4,6-7,12,17,19H,5,8-11H2,1-2H3/t17-/m0/s1. The van der Waals surface area contributed by atoms with Crippen molar-refractivity contribution in [1.82, 2.24) is 10.1 Å². The molecule has 1 amide bonds. The Labute approximate surface area is 136 Å². The maximum atomic E-state index is 12.5. The number of rotatable bonds is 5. The van der Waals surface area contributed by atoms with Crippen LogP contribution < -0.4 is 5.32 Å². The van der Waals surface area contributed by atoms with Crippen LogP contribution in [-0.4, -0.2) is 29.1 Å². The molecule has 1 aromatic carbocycles. The van der Waals surface area contributed by atoms with E-state index in [1.54, 1.807) is 0 Å². The van der Waals surface area contributed by atoms with Crippen LogP contribution in [0, 0.1) is 13.8 Å². The molecule has 23 heavy (non-hydrogen) atoms. The van der Waals surface area contributed by atoms with Crippen molar-refractivity contribution in [2.75, 3.05) is 18.4 Å². The van der Waals surface area contributed by atoms with E-state index in [2.05, 4.69) is 23.5 Å². The summed E-state index contributed by atoms with van der Waals surface area (Å²) in [4.78, 5) is 14.5. The molecule has 1 aliphatic heterocycles. The Balaban J connectivity index is 1.56. The molecule has 2 aromatic rings. The quantitative estimate of drug-likeness (QED) is 0.918. The van der Waals surface area contributed by atoms with Crippen LogP contribution in [0.25, 0.3) is 0 Å². The second-order valence-corrected chi connectivity index (χ2v) is 6.10. The molecule has 1 saturated heterocycles. The zero-order chi connectivity index (χ0) is 16.2. The number of hydrogen-bond donors (Lipinski definition) is 1. The van der Waals surface area contributed by atoms with Crippen molar-refractivity contribution >= 4 is 11.6 Å². The number of amides is 1. The van der Waals surface area contributed by atoms with E-state index in [4.69, 9.17) is 4.52 Å². The van der Waals surface area contributed by atoms with Crippen LogP contribution in [0.1, 0.15) is 42.3 Å². The molecule has 3 rings (SSSR count). The molecule has 0 radical (unpaired) electrons. The second-order valence-electron chi connectivity index (χ2n) is 6.10. The molecular formula is C18H23N3O2. The summed E-state index contributed by atoms with van der Waals surface area (Å²) in [7, 11) is 0. The van der Waals surface area contributed by atoms with Gasteiger partial charge in [0.15, 0.2) is 0 Å². The van der Waals surface area contributed by atoms with Gasteiger partial charge >= 0.3 is 0 Å². The summed E-state index contributed by atoms with van der Waals surface area (Å²) in [5.41, 5.74) is 3.16.